The van der Waals surface area contributed by atoms with Gasteiger partial charge in [0.2, 0.25) is 16.0 Å². The molecule has 1 aromatic heterocycles. The largest absolute Gasteiger partial charge is 0.395 e. The zero-order chi connectivity index (χ0) is 14.6. The lowest BCUT2D eigenvalue weighted by Gasteiger charge is -2.20. The van der Waals surface area contributed by atoms with Crippen LogP contribution in [0.4, 0.5) is 5.95 Å². The summed E-state index contributed by atoms with van der Waals surface area (Å²) in [7, 11) is -3.58. The third kappa shape index (κ3) is 3.42. The Kier molecular flexibility index (Phi) is 4.86. The lowest BCUT2D eigenvalue weighted by atomic mass is 10.4. The van der Waals surface area contributed by atoms with E-state index in [2.05, 4.69) is 14.9 Å². The summed E-state index contributed by atoms with van der Waals surface area (Å²) in [5.74, 6) is 0.0499. The smallest absolute Gasteiger partial charge is 0.246 e. The summed E-state index contributed by atoms with van der Waals surface area (Å²) in [4.78, 5) is 9.56. The minimum atomic E-state index is -3.58. The predicted molar refractivity (Wildman–Crippen MR) is 73.3 cm³/mol. The molecule has 2 heterocycles. The first-order valence-corrected chi connectivity index (χ1v) is 7.89. The van der Waals surface area contributed by atoms with Crippen molar-refractivity contribution in [2.24, 2.45) is 0 Å². The van der Waals surface area contributed by atoms with Gasteiger partial charge in [0, 0.05) is 26.2 Å². The molecule has 0 aromatic carbocycles. The highest BCUT2D eigenvalue weighted by atomic mass is 32.2. The Morgan fingerprint density at radius 2 is 1.90 bits per heavy atom. The summed E-state index contributed by atoms with van der Waals surface area (Å²) in [6.07, 6.45) is 3.19. The molecule has 20 heavy (non-hydrogen) atoms. The Morgan fingerprint density at radius 1 is 1.20 bits per heavy atom. The standard InChI is InChI=1S/C11H19N5O3S/c12-11-13-8-10(9-14-11)20(18,19)16-3-1-2-15(4-5-16)6-7-17/h8-9,17H,1-7H2,(H2,12,13,14). The van der Waals surface area contributed by atoms with E-state index in [1.165, 1.54) is 16.7 Å². The van der Waals surface area contributed by atoms with Crippen molar-refractivity contribution in [2.45, 2.75) is 11.3 Å². The summed E-state index contributed by atoms with van der Waals surface area (Å²) in [5, 5.41) is 8.94. The molecule has 0 unspecified atom stereocenters. The lowest BCUT2D eigenvalue weighted by Crippen LogP contribution is -2.36. The number of hydrogen-bond donors (Lipinski definition) is 2. The molecule has 0 radical (unpaired) electrons. The maximum absolute atomic E-state index is 12.5. The molecule has 0 atom stereocenters. The number of rotatable bonds is 4. The summed E-state index contributed by atoms with van der Waals surface area (Å²) >= 11 is 0. The Morgan fingerprint density at radius 3 is 2.55 bits per heavy atom. The Bertz CT molecular complexity index is 533. The fraction of sp³-hybridized carbons (Fsp3) is 0.636. The van der Waals surface area contributed by atoms with Gasteiger partial charge in [-0.05, 0) is 13.0 Å². The molecule has 1 aromatic rings. The van der Waals surface area contributed by atoms with Crippen LogP contribution in [-0.2, 0) is 10.0 Å². The molecule has 1 aliphatic rings. The molecular weight excluding hydrogens is 282 g/mol. The quantitative estimate of drug-likeness (QED) is 0.714. The molecule has 0 bridgehead atoms. The summed E-state index contributed by atoms with van der Waals surface area (Å²) in [6.45, 7) is 2.89. The van der Waals surface area contributed by atoms with Crippen LogP contribution in [0.2, 0.25) is 0 Å². The maximum Gasteiger partial charge on any atom is 0.246 e. The third-order valence-electron chi connectivity index (χ3n) is 3.25. The number of β-amino-alcohol motifs (C(OH)–C–C–N with tert-alkyl or cyclic N) is 1. The van der Waals surface area contributed by atoms with Crippen LogP contribution in [0.3, 0.4) is 0 Å². The van der Waals surface area contributed by atoms with E-state index in [1.54, 1.807) is 0 Å². The van der Waals surface area contributed by atoms with E-state index >= 15 is 0 Å². The lowest BCUT2D eigenvalue weighted by molar-refractivity contribution is 0.202. The first-order chi connectivity index (χ1) is 9.54. The zero-order valence-electron chi connectivity index (χ0n) is 11.1. The van der Waals surface area contributed by atoms with Crippen LogP contribution in [0, 0.1) is 0 Å². The van der Waals surface area contributed by atoms with Crippen molar-refractivity contribution in [3.05, 3.63) is 12.4 Å². The molecule has 9 heteroatoms. The van der Waals surface area contributed by atoms with Gasteiger partial charge < -0.3 is 10.8 Å². The van der Waals surface area contributed by atoms with Crippen molar-refractivity contribution in [3.63, 3.8) is 0 Å². The monoisotopic (exact) mass is 301 g/mol. The second-order valence-electron chi connectivity index (χ2n) is 4.60. The number of hydrogen-bond acceptors (Lipinski definition) is 7. The van der Waals surface area contributed by atoms with Crippen molar-refractivity contribution >= 4 is 16.0 Å². The topological polar surface area (TPSA) is 113 Å². The number of sulfonamides is 1. The Hall–Kier alpha value is -1.29. The number of nitrogen functional groups attached to an aromatic ring is 1. The highest BCUT2D eigenvalue weighted by Gasteiger charge is 2.27. The van der Waals surface area contributed by atoms with E-state index < -0.39 is 10.0 Å². The van der Waals surface area contributed by atoms with E-state index in [-0.39, 0.29) is 17.5 Å². The molecule has 2 rings (SSSR count). The van der Waals surface area contributed by atoms with Crippen LogP contribution >= 0.6 is 0 Å². The van der Waals surface area contributed by atoms with Crippen LogP contribution in [0.1, 0.15) is 6.42 Å². The highest BCUT2D eigenvalue weighted by Crippen LogP contribution is 2.16. The number of aromatic nitrogens is 2. The summed E-state index contributed by atoms with van der Waals surface area (Å²) in [5.41, 5.74) is 5.36. The van der Waals surface area contributed by atoms with Crippen molar-refractivity contribution in [3.8, 4) is 0 Å². The van der Waals surface area contributed by atoms with E-state index in [9.17, 15) is 8.42 Å². The number of anilines is 1. The zero-order valence-corrected chi connectivity index (χ0v) is 12.0. The molecule has 0 spiro atoms. The van der Waals surface area contributed by atoms with E-state index in [0.717, 1.165) is 13.0 Å². The molecule has 1 fully saturated rings. The molecule has 1 aliphatic heterocycles. The van der Waals surface area contributed by atoms with Crippen molar-refractivity contribution in [2.75, 3.05) is 45.1 Å². The van der Waals surface area contributed by atoms with Crippen LogP contribution in [0.15, 0.2) is 17.3 Å². The van der Waals surface area contributed by atoms with Gasteiger partial charge in [-0.25, -0.2) is 18.4 Å². The average Bonchev–Trinajstić information content (AvgIpc) is 2.66. The minimum absolute atomic E-state index is 0.0499. The van der Waals surface area contributed by atoms with Gasteiger partial charge >= 0.3 is 0 Å². The molecule has 1 saturated heterocycles. The number of aliphatic hydroxyl groups excluding tert-OH is 1. The van der Waals surface area contributed by atoms with E-state index in [1.807, 2.05) is 0 Å². The van der Waals surface area contributed by atoms with E-state index in [4.69, 9.17) is 10.8 Å². The van der Waals surface area contributed by atoms with Gasteiger partial charge in [-0.1, -0.05) is 0 Å². The molecule has 8 nitrogen and oxygen atoms in total. The number of nitrogens with zero attached hydrogens (tertiary/aromatic N) is 4. The van der Waals surface area contributed by atoms with Gasteiger partial charge in [0.15, 0.2) is 0 Å². The average molecular weight is 301 g/mol. The van der Waals surface area contributed by atoms with Crippen molar-refractivity contribution < 1.29 is 13.5 Å². The second-order valence-corrected chi connectivity index (χ2v) is 6.54. The van der Waals surface area contributed by atoms with Gasteiger partial charge in [-0.3, -0.25) is 4.90 Å². The van der Waals surface area contributed by atoms with Gasteiger partial charge in [0.05, 0.1) is 19.0 Å². The number of nitrogens with two attached hydrogens (primary N) is 1. The molecule has 0 saturated carbocycles. The van der Waals surface area contributed by atoms with Crippen LogP contribution < -0.4 is 5.73 Å². The molecular formula is C11H19N5O3S. The van der Waals surface area contributed by atoms with Crippen molar-refractivity contribution in [1.29, 1.82) is 0 Å². The Labute approximate surface area is 118 Å². The van der Waals surface area contributed by atoms with Crippen LogP contribution in [0.25, 0.3) is 0 Å². The SMILES string of the molecule is Nc1ncc(S(=O)(=O)N2CCCN(CCO)CC2)cn1. The fourth-order valence-corrected chi connectivity index (χ4v) is 3.52. The van der Waals surface area contributed by atoms with Gasteiger partial charge in [0.1, 0.15) is 4.90 Å². The van der Waals surface area contributed by atoms with Gasteiger partial charge in [-0.15, -0.1) is 0 Å². The van der Waals surface area contributed by atoms with Crippen LogP contribution in [-0.4, -0.2) is 72.0 Å². The fourth-order valence-electron chi connectivity index (χ4n) is 2.16. The molecule has 0 aliphatic carbocycles. The van der Waals surface area contributed by atoms with E-state index in [0.29, 0.717) is 26.2 Å². The number of aliphatic hydroxyl groups is 1. The summed E-state index contributed by atoms with van der Waals surface area (Å²) < 4.78 is 26.3. The summed E-state index contributed by atoms with van der Waals surface area (Å²) in [6, 6.07) is 0. The predicted octanol–water partition coefficient (Wildman–Crippen LogP) is -1.25. The molecule has 0 amide bonds. The minimum Gasteiger partial charge on any atom is -0.395 e. The van der Waals surface area contributed by atoms with Crippen LogP contribution in [0.5, 0.6) is 0 Å². The van der Waals surface area contributed by atoms with Gasteiger partial charge in [-0.2, -0.15) is 4.31 Å². The van der Waals surface area contributed by atoms with Gasteiger partial charge in [0.25, 0.3) is 0 Å². The molecule has 112 valence electrons. The highest BCUT2D eigenvalue weighted by molar-refractivity contribution is 7.89. The first kappa shape index (κ1) is 15.1. The normalized spacial score (nSPS) is 18.9. The van der Waals surface area contributed by atoms with Crippen molar-refractivity contribution in [1.82, 2.24) is 19.2 Å². The third-order valence-corrected chi connectivity index (χ3v) is 5.10. The Balaban J connectivity index is 2.11. The maximum atomic E-state index is 12.5. The first-order valence-electron chi connectivity index (χ1n) is 6.45. The second kappa shape index (κ2) is 6.44. The molecule has 3 N–H and O–H groups in total.